The monoisotopic (exact) mass is 359 g/mol. The predicted octanol–water partition coefficient (Wildman–Crippen LogP) is 5.28. The summed E-state index contributed by atoms with van der Waals surface area (Å²) in [6.45, 7) is 4.12. The topological polar surface area (TPSA) is 62.7 Å². The van der Waals surface area contributed by atoms with Crippen LogP contribution in [0.15, 0.2) is 42.6 Å². The number of aromatic nitrogens is 3. The first-order chi connectivity index (χ1) is 11.5. The molecule has 5 nitrogen and oxygen atoms in total. The number of nitrogens with zero attached hydrogens (tertiary/aromatic N) is 3. The lowest BCUT2D eigenvalue weighted by Gasteiger charge is -2.10. The Morgan fingerprint density at radius 2 is 1.75 bits per heavy atom. The Labute approximate surface area is 150 Å². The molecular formula is C17H15Cl2N5. The number of aryl methyl sites for hydroxylation is 2. The van der Waals surface area contributed by atoms with Gasteiger partial charge in [0.05, 0.1) is 16.9 Å². The highest BCUT2D eigenvalue weighted by Gasteiger charge is 2.06. The largest absolute Gasteiger partial charge is 0.338 e. The first-order valence-electron chi connectivity index (χ1n) is 7.27. The molecule has 24 heavy (non-hydrogen) atoms. The number of anilines is 4. The number of benzene rings is 2. The average Bonchev–Trinajstić information content (AvgIpc) is 2.54. The van der Waals surface area contributed by atoms with Gasteiger partial charge >= 0.3 is 0 Å². The fourth-order valence-electron chi connectivity index (χ4n) is 2.09. The molecule has 0 aliphatic carbocycles. The molecule has 0 amide bonds. The summed E-state index contributed by atoms with van der Waals surface area (Å²) in [7, 11) is 0. The molecule has 0 unspecified atom stereocenters. The van der Waals surface area contributed by atoms with Crippen molar-refractivity contribution in [1.82, 2.24) is 15.2 Å². The zero-order valence-electron chi connectivity index (χ0n) is 13.1. The van der Waals surface area contributed by atoms with Gasteiger partial charge in [0.2, 0.25) is 5.95 Å². The molecule has 0 saturated carbocycles. The second-order valence-corrected chi connectivity index (χ2v) is 6.18. The van der Waals surface area contributed by atoms with E-state index in [0.717, 1.165) is 5.69 Å². The molecule has 0 radical (unpaired) electrons. The normalized spacial score (nSPS) is 10.5. The van der Waals surface area contributed by atoms with Crippen LogP contribution in [0.5, 0.6) is 0 Å². The van der Waals surface area contributed by atoms with E-state index in [2.05, 4.69) is 39.7 Å². The molecule has 0 bridgehead atoms. The van der Waals surface area contributed by atoms with Gasteiger partial charge in [-0.1, -0.05) is 29.3 Å². The molecule has 0 aliphatic rings. The molecule has 1 heterocycles. The number of hydrogen-bond donors (Lipinski definition) is 2. The van der Waals surface area contributed by atoms with Crippen molar-refractivity contribution in [3.05, 3.63) is 63.8 Å². The van der Waals surface area contributed by atoms with E-state index in [1.807, 2.05) is 18.2 Å². The van der Waals surface area contributed by atoms with E-state index >= 15 is 0 Å². The van der Waals surface area contributed by atoms with Crippen LogP contribution in [-0.2, 0) is 0 Å². The van der Waals surface area contributed by atoms with Crippen molar-refractivity contribution in [1.29, 1.82) is 0 Å². The second-order valence-electron chi connectivity index (χ2n) is 5.34. The zero-order valence-corrected chi connectivity index (χ0v) is 14.7. The van der Waals surface area contributed by atoms with Crippen LogP contribution in [0.25, 0.3) is 0 Å². The molecule has 0 saturated heterocycles. The van der Waals surface area contributed by atoms with E-state index in [1.165, 1.54) is 17.3 Å². The van der Waals surface area contributed by atoms with Gasteiger partial charge in [-0.3, -0.25) is 0 Å². The Hall–Kier alpha value is -2.37. The van der Waals surface area contributed by atoms with Crippen molar-refractivity contribution in [2.75, 3.05) is 10.6 Å². The van der Waals surface area contributed by atoms with Crippen molar-refractivity contribution < 1.29 is 0 Å². The summed E-state index contributed by atoms with van der Waals surface area (Å²) in [6.07, 6.45) is 1.52. The standard InChI is InChI=1S/C17H15Cl2N5/c1-10-3-5-13(7-11(10)2)21-17-23-16(9-20-24-17)22-15-6-4-12(18)8-14(15)19/h3-9H,1-2H3,(H2,21,22,23,24). The third-order valence-electron chi connectivity index (χ3n) is 3.52. The van der Waals surface area contributed by atoms with Crippen molar-refractivity contribution in [2.45, 2.75) is 13.8 Å². The van der Waals surface area contributed by atoms with Gasteiger partial charge in [-0.05, 0) is 55.3 Å². The first-order valence-corrected chi connectivity index (χ1v) is 8.03. The van der Waals surface area contributed by atoms with Crippen LogP contribution < -0.4 is 10.6 Å². The minimum Gasteiger partial charge on any atom is -0.338 e. The van der Waals surface area contributed by atoms with Gasteiger partial charge in [0.15, 0.2) is 5.82 Å². The SMILES string of the molecule is Cc1ccc(Nc2nncc(Nc3ccc(Cl)cc3Cl)n2)cc1C. The smallest absolute Gasteiger partial charge is 0.249 e. The fraction of sp³-hybridized carbons (Fsp3) is 0.118. The van der Waals surface area contributed by atoms with E-state index in [-0.39, 0.29) is 0 Å². The molecule has 0 spiro atoms. The van der Waals surface area contributed by atoms with Gasteiger partial charge in [-0.2, -0.15) is 10.1 Å². The number of halogens is 2. The van der Waals surface area contributed by atoms with Gasteiger partial charge in [-0.15, -0.1) is 5.10 Å². The van der Waals surface area contributed by atoms with Crippen LogP contribution in [-0.4, -0.2) is 15.2 Å². The van der Waals surface area contributed by atoms with E-state index in [9.17, 15) is 0 Å². The molecule has 122 valence electrons. The van der Waals surface area contributed by atoms with Gasteiger partial charge in [0, 0.05) is 10.7 Å². The van der Waals surface area contributed by atoms with E-state index in [4.69, 9.17) is 23.2 Å². The highest BCUT2D eigenvalue weighted by atomic mass is 35.5. The molecule has 2 N–H and O–H groups in total. The molecule has 2 aromatic carbocycles. The number of rotatable bonds is 4. The summed E-state index contributed by atoms with van der Waals surface area (Å²) in [5.41, 5.74) is 4.02. The predicted molar refractivity (Wildman–Crippen MR) is 98.8 cm³/mol. The molecule has 1 aromatic heterocycles. The zero-order chi connectivity index (χ0) is 17.1. The molecule has 0 fully saturated rings. The highest BCUT2D eigenvalue weighted by Crippen LogP contribution is 2.27. The van der Waals surface area contributed by atoms with Crippen molar-refractivity contribution in [2.24, 2.45) is 0 Å². The first kappa shape index (κ1) is 16.5. The molecule has 0 atom stereocenters. The third kappa shape index (κ3) is 3.93. The lowest BCUT2D eigenvalue weighted by molar-refractivity contribution is 0.982. The Morgan fingerprint density at radius 3 is 2.50 bits per heavy atom. The average molecular weight is 360 g/mol. The molecule has 3 aromatic rings. The summed E-state index contributed by atoms with van der Waals surface area (Å²) in [5.74, 6) is 0.925. The highest BCUT2D eigenvalue weighted by molar-refractivity contribution is 6.36. The van der Waals surface area contributed by atoms with Crippen molar-refractivity contribution in [3.63, 3.8) is 0 Å². The fourth-order valence-corrected chi connectivity index (χ4v) is 2.55. The molecular weight excluding hydrogens is 345 g/mol. The lowest BCUT2D eigenvalue weighted by Crippen LogP contribution is -2.03. The maximum absolute atomic E-state index is 6.15. The second kappa shape index (κ2) is 7.03. The summed E-state index contributed by atoms with van der Waals surface area (Å²) < 4.78 is 0. The van der Waals surface area contributed by atoms with Crippen LogP contribution in [0.3, 0.4) is 0 Å². The summed E-state index contributed by atoms with van der Waals surface area (Å²) >= 11 is 12.1. The molecule has 0 aliphatic heterocycles. The van der Waals surface area contributed by atoms with Gasteiger partial charge in [0.1, 0.15) is 0 Å². The van der Waals surface area contributed by atoms with Crippen LogP contribution in [0, 0.1) is 13.8 Å². The van der Waals surface area contributed by atoms with Crippen LogP contribution in [0.2, 0.25) is 10.0 Å². The molecule has 3 rings (SSSR count). The van der Waals surface area contributed by atoms with Crippen molar-refractivity contribution >= 4 is 46.3 Å². The molecule has 7 heteroatoms. The van der Waals surface area contributed by atoms with Gasteiger partial charge in [0.25, 0.3) is 0 Å². The van der Waals surface area contributed by atoms with Crippen molar-refractivity contribution in [3.8, 4) is 0 Å². The summed E-state index contributed by atoms with van der Waals surface area (Å²) in [6, 6.07) is 11.2. The number of hydrogen-bond acceptors (Lipinski definition) is 5. The Kier molecular flexibility index (Phi) is 4.83. The van der Waals surface area contributed by atoms with Crippen LogP contribution in [0.1, 0.15) is 11.1 Å². The van der Waals surface area contributed by atoms with E-state index < -0.39 is 0 Å². The Morgan fingerprint density at radius 1 is 0.917 bits per heavy atom. The summed E-state index contributed by atoms with van der Waals surface area (Å²) in [5, 5.41) is 15.3. The number of nitrogens with one attached hydrogen (secondary N) is 2. The maximum Gasteiger partial charge on any atom is 0.249 e. The minimum atomic E-state index is 0.397. The van der Waals surface area contributed by atoms with Crippen LogP contribution in [0.4, 0.5) is 23.1 Å². The third-order valence-corrected chi connectivity index (χ3v) is 4.06. The van der Waals surface area contributed by atoms with E-state index in [1.54, 1.807) is 18.2 Å². The maximum atomic E-state index is 6.15. The van der Waals surface area contributed by atoms with E-state index in [0.29, 0.717) is 27.5 Å². The van der Waals surface area contributed by atoms with Crippen LogP contribution >= 0.6 is 23.2 Å². The quantitative estimate of drug-likeness (QED) is 0.663. The van der Waals surface area contributed by atoms with Gasteiger partial charge < -0.3 is 10.6 Å². The van der Waals surface area contributed by atoms with Gasteiger partial charge in [-0.25, -0.2) is 0 Å². The Balaban J connectivity index is 1.79. The summed E-state index contributed by atoms with van der Waals surface area (Å²) in [4.78, 5) is 4.39. The minimum absolute atomic E-state index is 0.397. The Bertz CT molecular complexity index is 883. The lowest BCUT2D eigenvalue weighted by atomic mass is 10.1.